The quantitative estimate of drug-likeness (QED) is 0.788. The number of nitrogens with one attached hydrogen (secondary N) is 1. The lowest BCUT2D eigenvalue weighted by Gasteiger charge is -2.07. The Morgan fingerprint density at radius 2 is 1.75 bits per heavy atom. The van der Waals surface area contributed by atoms with E-state index in [0.29, 0.717) is 18.5 Å². The van der Waals surface area contributed by atoms with E-state index in [1.54, 1.807) is 6.07 Å². The lowest BCUT2D eigenvalue weighted by atomic mass is 10.1. The molecule has 0 heterocycles. The third kappa shape index (κ3) is 6.24. The van der Waals surface area contributed by atoms with Crippen molar-refractivity contribution in [2.75, 3.05) is 11.9 Å². The molecular weight excluding hydrogens is 302 g/mol. The Morgan fingerprint density at radius 3 is 2.46 bits per heavy atom. The summed E-state index contributed by atoms with van der Waals surface area (Å²) in [4.78, 5) is 23.5. The van der Waals surface area contributed by atoms with Crippen molar-refractivity contribution in [3.05, 3.63) is 65.2 Å². The molecule has 0 aliphatic carbocycles. The maximum absolute atomic E-state index is 11.8. The van der Waals surface area contributed by atoms with Crippen molar-refractivity contribution < 1.29 is 14.3 Å². The molecule has 126 valence electrons. The van der Waals surface area contributed by atoms with Crippen LogP contribution >= 0.6 is 0 Å². The summed E-state index contributed by atoms with van der Waals surface area (Å²) in [6, 6.07) is 15.7. The van der Waals surface area contributed by atoms with Gasteiger partial charge in [0.1, 0.15) is 0 Å². The van der Waals surface area contributed by atoms with Crippen molar-refractivity contribution in [3.8, 4) is 0 Å². The largest absolute Gasteiger partial charge is 0.456 e. The van der Waals surface area contributed by atoms with E-state index in [9.17, 15) is 9.59 Å². The van der Waals surface area contributed by atoms with Crippen LogP contribution in [-0.2, 0) is 20.7 Å². The number of hydrogen-bond acceptors (Lipinski definition) is 3. The minimum absolute atomic E-state index is 0.253. The number of hydrogen-bond donors (Lipinski definition) is 1. The van der Waals surface area contributed by atoms with E-state index in [-0.39, 0.29) is 18.5 Å². The molecule has 0 spiro atoms. The molecule has 4 heteroatoms. The molecule has 2 aromatic rings. The monoisotopic (exact) mass is 325 g/mol. The second-order valence-corrected chi connectivity index (χ2v) is 5.92. The third-order valence-electron chi connectivity index (χ3n) is 3.63. The van der Waals surface area contributed by atoms with Gasteiger partial charge in [0.05, 0.1) is 0 Å². The first kappa shape index (κ1) is 17.7. The smallest absolute Gasteiger partial charge is 0.306 e. The number of carbonyl (C=O) groups excluding carboxylic acids is 2. The molecule has 4 nitrogen and oxygen atoms in total. The maximum Gasteiger partial charge on any atom is 0.306 e. The maximum atomic E-state index is 11.8. The van der Waals surface area contributed by atoms with Crippen LogP contribution in [0.2, 0.25) is 0 Å². The molecule has 24 heavy (non-hydrogen) atoms. The lowest BCUT2D eigenvalue weighted by Crippen LogP contribution is -2.20. The van der Waals surface area contributed by atoms with Crippen LogP contribution in [0, 0.1) is 13.8 Å². The first-order valence-electron chi connectivity index (χ1n) is 8.10. The molecule has 0 saturated heterocycles. The molecule has 0 fully saturated rings. The molecule has 2 aromatic carbocycles. The summed E-state index contributed by atoms with van der Waals surface area (Å²) in [5.41, 5.74) is 4.18. The SMILES string of the molecule is Cc1ccc(CCCC(=O)OCC(=O)Nc2cccc(C)c2)cc1. The summed E-state index contributed by atoms with van der Waals surface area (Å²) < 4.78 is 5.01. The highest BCUT2D eigenvalue weighted by Gasteiger charge is 2.08. The lowest BCUT2D eigenvalue weighted by molar-refractivity contribution is -0.147. The van der Waals surface area contributed by atoms with Crippen LogP contribution in [0.25, 0.3) is 0 Å². The number of esters is 1. The van der Waals surface area contributed by atoms with Gasteiger partial charge in [0, 0.05) is 12.1 Å². The number of rotatable bonds is 7. The highest BCUT2D eigenvalue weighted by Crippen LogP contribution is 2.10. The molecule has 0 bridgehead atoms. The van der Waals surface area contributed by atoms with Crippen LogP contribution in [0.1, 0.15) is 29.5 Å². The molecule has 1 N–H and O–H groups in total. The van der Waals surface area contributed by atoms with Crippen molar-refractivity contribution in [3.63, 3.8) is 0 Å². The molecule has 1 amide bonds. The van der Waals surface area contributed by atoms with E-state index in [1.165, 1.54) is 11.1 Å². The number of carbonyl (C=O) groups is 2. The predicted molar refractivity (Wildman–Crippen MR) is 94.9 cm³/mol. The zero-order valence-electron chi connectivity index (χ0n) is 14.2. The standard InChI is InChI=1S/C20H23NO3/c1-15-9-11-17(12-10-15)6-4-8-20(23)24-14-19(22)21-18-7-3-5-16(2)13-18/h3,5,7,9-13H,4,6,8,14H2,1-2H3,(H,21,22). The van der Waals surface area contributed by atoms with E-state index in [1.807, 2.05) is 32.0 Å². The van der Waals surface area contributed by atoms with Crippen LogP contribution in [0.3, 0.4) is 0 Å². The normalized spacial score (nSPS) is 10.2. The van der Waals surface area contributed by atoms with Crippen molar-refractivity contribution in [2.45, 2.75) is 33.1 Å². The Hall–Kier alpha value is -2.62. The van der Waals surface area contributed by atoms with Crippen LogP contribution in [0.15, 0.2) is 48.5 Å². The van der Waals surface area contributed by atoms with Crippen molar-refractivity contribution in [1.82, 2.24) is 0 Å². The average molecular weight is 325 g/mol. The topological polar surface area (TPSA) is 55.4 Å². The Balaban J connectivity index is 1.65. The highest BCUT2D eigenvalue weighted by molar-refractivity contribution is 5.92. The van der Waals surface area contributed by atoms with Gasteiger partial charge in [-0.1, -0.05) is 42.0 Å². The van der Waals surface area contributed by atoms with Gasteiger partial charge in [0.2, 0.25) is 0 Å². The summed E-state index contributed by atoms with van der Waals surface area (Å²) in [7, 11) is 0. The molecule has 2 rings (SSSR count). The zero-order valence-corrected chi connectivity index (χ0v) is 14.2. The number of benzene rings is 2. The van der Waals surface area contributed by atoms with Gasteiger partial charge in [-0.3, -0.25) is 9.59 Å². The summed E-state index contributed by atoms with van der Waals surface area (Å²) in [6.07, 6.45) is 1.85. The van der Waals surface area contributed by atoms with Crippen molar-refractivity contribution in [1.29, 1.82) is 0 Å². The minimum atomic E-state index is -0.346. The van der Waals surface area contributed by atoms with Gasteiger partial charge >= 0.3 is 5.97 Å². The van der Waals surface area contributed by atoms with Gasteiger partial charge < -0.3 is 10.1 Å². The molecule has 0 saturated carbocycles. The van der Waals surface area contributed by atoms with Gasteiger partial charge in [-0.2, -0.15) is 0 Å². The molecule has 0 aromatic heterocycles. The fourth-order valence-corrected chi connectivity index (χ4v) is 2.33. The van der Waals surface area contributed by atoms with Gasteiger partial charge in [0.15, 0.2) is 6.61 Å². The van der Waals surface area contributed by atoms with Crippen LogP contribution < -0.4 is 5.32 Å². The van der Waals surface area contributed by atoms with E-state index < -0.39 is 0 Å². The van der Waals surface area contributed by atoms with Crippen molar-refractivity contribution in [2.24, 2.45) is 0 Å². The minimum Gasteiger partial charge on any atom is -0.456 e. The highest BCUT2D eigenvalue weighted by atomic mass is 16.5. The zero-order chi connectivity index (χ0) is 17.4. The number of anilines is 1. The van der Waals surface area contributed by atoms with Crippen LogP contribution in [0.5, 0.6) is 0 Å². The van der Waals surface area contributed by atoms with E-state index in [2.05, 4.69) is 29.6 Å². The fraction of sp³-hybridized carbons (Fsp3) is 0.300. The van der Waals surface area contributed by atoms with E-state index >= 15 is 0 Å². The molecule has 0 radical (unpaired) electrons. The Bertz CT molecular complexity index is 692. The van der Waals surface area contributed by atoms with E-state index in [0.717, 1.165) is 12.0 Å². The second kappa shape index (κ2) is 8.87. The Morgan fingerprint density at radius 1 is 1.00 bits per heavy atom. The molecular formula is C20H23NO3. The Labute approximate surface area is 142 Å². The second-order valence-electron chi connectivity index (χ2n) is 5.92. The van der Waals surface area contributed by atoms with Gasteiger partial charge in [-0.05, 0) is 49.9 Å². The van der Waals surface area contributed by atoms with Crippen LogP contribution in [-0.4, -0.2) is 18.5 Å². The Kier molecular flexibility index (Phi) is 6.55. The summed E-state index contributed by atoms with van der Waals surface area (Å²) in [6.45, 7) is 3.74. The number of ether oxygens (including phenoxy) is 1. The summed E-state index contributed by atoms with van der Waals surface area (Å²) >= 11 is 0. The average Bonchev–Trinajstić information content (AvgIpc) is 2.55. The molecule has 0 aliphatic rings. The third-order valence-corrected chi connectivity index (χ3v) is 3.63. The van der Waals surface area contributed by atoms with Gasteiger partial charge in [-0.25, -0.2) is 0 Å². The van der Waals surface area contributed by atoms with Crippen LogP contribution in [0.4, 0.5) is 5.69 Å². The first-order chi connectivity index (χ1) is 11.5. The summed E-state index contributed by atoms with van der Waals surface area (Å²) in [5.74, 6) is -0.672. The number of aryl methyl sites for hydroxylation is 3. The molecule has 0 atom stereocenters. The summed E-state index contributed by atoms with van der Waals surface area (Å²) in [5, 5.41) is 2.71. The molecule has 0 unspecified atom stereocenters. The number of amides is 1. The fourth-order valence-electron chi connectivity index (χ4n) is 2.33. The van der Waals surface area contributed by atoms with Crippen molar-refractivity contribution >= 4 is 17.6 Å². The van der Waals surface area contributed by atoms with Gasteiger partial charge in [-0.15, -0.1) is 0 Å². The predicted octanol–water partition coefficient (Wildman–Crippen LogP) is 3.81. The molecule has 0 aliphatic heterocycles. The van der Waals surface area contributed by atoms with Gasteiger partial charge in [0.25, 0.3) is 5.91 Å². The van der Waals surface area contributed by atoms with E-state index in [4.69, 9.17) is 4.74 Å². The first-order valence-corrected chi connectivity index (χ1v) is 8.10.